The van der Waals surface area contributed by atoms with Crippen LogP contribution >= 0.6 is 11.8 Å². The molecule has 0 N–H and O–H groups in total. The fourth-order valence-corrected chi connectivity index (χ4v) is 2.92. The summed E-state index contributed by atoms with van der Waals surface area (Å²) in [5.74, 6) is 0. The van der Waals surface area contributed by atoms with Gasteiger partial charge in [-0.1, -0.05) is 49.0 Å². The van der Waals surface area contributed by atoms with Gasteiger partial charge in [0.05, 0.1) is 32.9 Å². The summed E-state index contributed by atoms with van der Waals surface area (Å²) in [5, 5.41) is 0.524. The molecule has 0 heterocycles. The molecule has 0 fully saturated rings. The van der Waals surface area contributed by atoms with Crippen LogP contribution in [0.2, 0.25) is 0 Å². The highest BCUT2D eigenvalue weighted by atomic mass is 32.2. The highest BCUT2D eigenvalue weighted by molar-refractivity contribution is 8.13. The standard InChI is InChI=1S/C14H22NOS/c1-5-14(16)17-13(11-15(2,3)4)12-9-7-6-8-10-12/h6-10,13H,5,11H2,1-4H3/q+1. The number of carbonyl (C=O) groups is 1. The minimum absolute atomic E-state index is 0.253. The van der Waals surface area contributed by atoms with Crippen molar-refractivity contribution < 1.29 is 9.28 Å². The predicted octanol–water partition coefficient (Wildman–Crippen LogP) is 3.10. The number of nitrogens with zero attached hydrogens (tertiary/aromatic N) is 1. The molecule has 0 aliphatic heterocycles. The Hall–Kier alpha value is -0.800. The average Bonchev–Trinajstić information content (AvgIpc) is 2.27. The molecule has 1 unspecified atom stereocenters. The van der Waals surface area contributed by atoms with Crippen LogP contribution in [0.3, 0.4) is 0 Å². The number of rotatable bonds is 5. The maximum atomic E-state index is 11.6. The van der Waals surface area contributed by atoms with Crippen molar-refractivity contribution in [3.63, 3.8) is 0 Å². The summed E-state index contributed by atoms with van der Waals surface area (Å²) < 4.78 is 0.865. The molecule has 0 saturated carbocycles. The van der Waals surface area contributed by atoms with Crippen molar-refractivity contribution in [3.05, 3.63) is 35.9 Å². The third-order valence-electron chi connectivity index (χ3n) is 2.45. The van der Waals surface area contributed by atoms with E-state index in [1.807, 2.05) is 25.1 Å². The van der Waals surface area contributed by atoms with Crippen LogP contribution in [0.15, 0.2) is 30.3 Å². The van der Waals surface area contributed by atoms with Gasteiger partial charge in [-0.3, -0.25) is 4.79 Å². The molecule has 2 nitrogen and oxygen atoms in total. The van der Waals surface area contributed by atoms with Crippen molar-refractivity contribution in [3.8, 4) is 0 Å². The Morgan fingerprint density at radius 2 is 1.82 bits per heavy atom. The number of carbonyl (C=O) groups excluding carboxylic acids is 1. The molecule has 0 spiro atoms. The second kappa shape index (κ2) is 6.22. The normalized spacial score (nSPS) is 13.4. The van der Waals surface area contributed by atoms with Crippen LogP contribution in [0, 0.1) is 0 Å². The lowest BCUT2D eigenvalue weighted by molar-refractivity contribution is -0.870. The summed E-state index contributed by atoms with van der Waals surface area (Å²) in [4.78, 5) is 11.6. The summed E-state index contributed by atoms with van der Waals surface area (Å²) >= 11 is 1.47. The number of quaternary nitrogens is 1. The maximum absolute atomic E-state index is 11.6. The van der Waals surface area contributed by atoms with Gasteiger partial charge in [-0.2, -0.15) is 0 Å². The Bertz CT molecular complexity index is 356. The molecule has 1 aromatic rings. The Morgan fingerprint density at radius 1 is 1.24 bits per heavy atom. The highest BCUT2D eigenvalue weighted by Crippen LogP contribution is 2.31. The van der Waals surface area contributed by atoms with E-state index >= 15 is 0 Å². The van der Waals surface area contributed by atoms with E-state index in [0.717, 1.165) is 11.0 Å². The fourth-order valence-electron chi connectivity index (χ4n) is 1.62. The van der Waals surface area contributed by atoms with Crippen LogP contribution < -0.4 is 0 Å². The Labute approximate surface area is 109 Å². The van der Waals surface area contributed by atoms with E-state index in [1.54, 1.807) is 0 Å². The Morgan fingerprint density at radius 3 is 2.29 bits per heavy atom. The van der Waals surface area contributed by atoms with E-state index < -0.39 is 0 Å². The summed E-state index contributed by atoms with van der Waals surface area (Å²) in [6, 6.07) is 10.3. The Balaban J connectivity index is 2.83. The monoisotopic (exact) mass is 252 g/mol. The quantitative estimate of drug-likeness (QED) is 0.749. The van der Waals surface area contributed by atoms with Crippen molar-refractivity contribution in [2.45, 2.75) is 18.6 Å². The molecule has 1 aromatic carbocycles. The molecule has 0 aliphatic carbocycles. The molecule has 0 bridgehead atoms. The van der Waals surface area contributed by atoms with E-state index in [0.29, 0.717) is 6.42 Å². The minimum atomic E-state index is 0.253. The molecule has 3 heteroatoms. The molecular weight excluding hydrogens is 230 g/mol. The molecule has 0 saturated heterocycles. The van der Waals surface area contributed by atoms with Crippen molar-refractivity contribution in [2.75, 3.05) is 27.7 Å². The van der Waals surface area contributed by atoms with Gasteiger partial charge in [-0.05, 0) is 5.56 Å². The smallest absolute Gasteiger partial charge is 0.189 e. The van der Waals surface area contributed by atoms with Gasteiger partial charge >= 0.3 is 0 Å². The minimum Gasteiger partial charge on any atom is -0.330 e. The van der Waals surface area contributed by atoms with Crippen molar-refractivity contribution in [1.82, 2.24) is 0 Å². The van der Waals surface area contributed by atoms with Gasteiger partial charge in [0.2, 0.25) is 0 Å². The molecule has 0 amide bonds. The van der Waals surface area contributed by atoms with E-state index in [-0.39, 0.29) is 10.4 Å². The third kappa shape index (κ3) is 5.37. The van der Waals surface area contributed by atoms with Crippen LogP contribution in [-0.4, -0.2) is 37.3 Å². The average molecular weight is 252 g/mol. The number of benzene rings is 1. The zero-order chi connectivity index (χ0) is 12.9. The summed E-state index contributed by atoms with van der Waals surface area (Å²) in [7, 11) is 6.48. The first-order valence-corrected chi connectivity index (χ1v) is 6.85. The van der Waals surface area contributed by atoms with Crippen LogP contribution in [0.4, 0.5) is 0 Å². The molecular formula is C14H22NOS+. The van der Waals surface area contributed by atoms with Gasteiger partial charge < -0.3 is 4.48 Å². The van der Waals surface area contributed by atoms with E-state index in [2.05, 4.69) is 33.3 Å². The van der Waals surface area contributed by atoms with Crippen molar-refractivity contribution >= 4 is 16.9 Å². The summed E-state index contributed by atoms with van der Waals surface area (Å²) in [6.07, 6.45) is 0.602. The molecule has 94 valence electrons. The SMILES string of the molecule is CCC(=O)SC(C[N+](C)(C)C)c1ccccc1. The molecule has 0 aliphatic rings. The van der Waals surface area contributed by atoms with Crippen LogP contribution in [0.25, 0.3) is 0 Å². The van der Waals surface area contributed by atoms with Gasteiger partial charge in [0.15, 0.2) is 5.12 Å². The molecule has 17 heavy (non-hydrogen) atoms. The van der Waals surface area contributed by atoms with Crippen molar-refractivity contribution in [1.29, 1.82) is 0 Å². The number of thioether (sulfide) groups is 1. The summed E-state index contributed by atoms with van der Waals surface area (Å²) in [6.45, 7) is 2.88. The largest absolute Gasteiger partial charge is 0.330 e. The second-order valence-electron chi connectivity index (χ2n) is 5.22. The fraction of sp³-hybridized carbons (Fsp3) is 0.500. The van der Waals surface area contributed by atoms with Gasteiger partial charge in [0.1, 0.15) is 0 Å². The van der Waals surface area contributed by atoms with Crippen molar-refractivity contribution in [2.24, 2.45) is 0 Å². The van der Waals surface area contributed by atoms with Crippen LogP contribution in [-0.2, 0) is 4.79 Å². The predicted molar refractivity (Wildman–Crippen MR) is 75.0 cm³/mol. The van der Waals surface area contributed by atoms with Crippen LogP contribution in [0.1, 0.15) is 24.2 Å². The second-order valence-corrected chi connectivity index (χ2v) is 6.48. The van der Waals surface area contributed by atoms with Gasteiger partial charge in [-0.25, -0.2) is 0 Å². The van der Waals surface area contributed by atoms with E-state index in [9.17, 15) is 4.79 Å². The van der Waals surface area contributed by atoms with Crippen LogP contribution in [0.5, 0.6) is 0 Å². The number of hydrogen-bond donors (Lipinski definition) is 0. The van der Waals surface area contributed by atoms with E-state index in [1.165, 1.54) is 17.3 Å². The third-order valence-corrected chi connectivity index (χ3v) is 3.70. The zero-order valence-electron chi connectivity index (χ0n) is 11.1. The van der Waals surface area contributed by atoms with Gasteiger partial charge in [0, 0.05) is 6.42 Å². The molecule has 0 aromatic heterocycles. The first-order valence-electron chi connectivity index (χ1n) is 5.97. The summed E-state index contributed by atoms with van der Waals surface area (Å²) in [5.41, 5.74) is 1.24. The zero-order valence-corrected chi connectivity index (χ0v) is 12.0. The highest BCUT2D eigenvalue weighted by Gasteiger charge is 2.22. The Kier molecular flexibility index (Phi) is 5.22. The topological polar surface area (TPSA) is 17.1 Å². The maximum Gasteiger partial charge on any atom is 0.189 e. The number of hydrogen-bond acceptors (Lipinski definition) is 2. The lowest BCUT2D eigenvalue weighted by Crippen LogP contribution is -2.38. The van der Waals surface area contributed by atoms with E-state index in [4.69, 9.17) is 0 Å². The lowest BCUT2D eigenvalue weighted by atomic mass is 10.1. The first-order chi connectivity index (χ1) is 7.92. The molecule has 0 radical (unpaired) electrons. The van der Waals surface area contributed by atoms with Gasteiger partial charge in [-0.15, -0.1) is 0 Å². The lowest BCUT2D eigenvalue weighted by Gasteiger charge is -2.28. The number of likely N-dealkylation sites (N-methyl/N-ethyl adjacent to an activating group) is 1. The first kappa shape index (κ1) is 14.3. The molecule has 1 rings (SSSR count). The van der Waals surface area contributed by atoms with Gasteiger partial charge in [0.25, 0.3) is 0 Å². The molecule has 1 atom stereocenters.